The van der Waals surface area contributed by atoms with E-state index < -0.39 is 0 Å². The van der Waals surface area contributed by atoms with Crippen LogP contribution in [-0.2, 0) is 16.1 Å². The van der Waals surface area contributed by atoms with Crippen LogP contribution in [-0.4, -0.2) is 43.7 Å². The van der Waals surface area contributed by atoms with E-state index >= 15 is 0 Å². The van der Waals surface area contributed by atoms with E-state index in [0.29, 0.717) is 19.7 Å². The number of carbonyl (C=O) groups excluding carboxylic acids is 1. The third-order valence-electron chi connectivity index (χ3n) is 2.55. The summed E-state index contributed by atoms with van der Waals surface area (Å²) in [6, 6.07) is 3.66. The normalized spacial score (nSPS) is 19.5. The Morgan fingerprint density at radius 1 is 1.65 bits per heavy atom. The van der Waals surface area contributed by atoms with Gasteiger partial charge in [-0.05, 0) is 12.1 Å². The number of halogens is 1. The number of morpholine rings is 1. The van der Waals surface area contributed by atoms with Crippen LogP contribution < -0.4 is 5.32 Å². The molecule has 1 unspecified atom stereocenters. The molecule has 1 atom stereocenters. The predicted octanol–water partition coefficient (Wildman–Crippen LogP) is 0.648. The van der Waals surface area contributed by atoms with Gasteiger partial charge in [0, 0.05) is 20.1 Å². The van der Waals surface area contributed by atoms with Gasteiger partial charge in [0.05, 0.1) is 19.4 Å². The van der Waals surface area contributed by atoms with Crippen molar-refractivity contribution in [1.82, 2.24) is 10.2 Å². The molecule has 1 saturated heterocycles. The van der Waals surface area contributed by atoms with E-state index in [0.717, 1.165) is 12.3 Å². The molecule has 96 valence electrons. The first-order valence-electron chi connectivity index (χ1n) is 5.37. The van der Waals surface area contributed by atoms with Crippen LogP contribution in [0.1, 0.15) is 5.76 Å². The maximum Gasteiger partial charge on any atom is 0.253 e. The Kier molecular flexibility index (Phi) is 5.47. The molecule has 1 aromatic heterocycles. The van der Waals surface area contributed by atoms with E-state index in [1.807, 2.05) is 12.1 Å². The Morgan fingerprint density at radius 3 is 3.06 bits per heavy atom. The van der Waals surface area contributed by atoms with Crippen LogP contribution in [0, 0.1) is 0 Å². The van der Waals surface area contributed by atoms with Crippen LogP contribution in [0.25, 0.3) is 0 Å². The molecule has 1 amide bonds. The molecule has 1 aromatic rings. The Labute approximate surface area is 107 Å². The van der Waals surface area contributed by atoms with Crippen molar-refractivity contribution in [3.63, 3.8) is 0 Å². The quantitative estimate of drug-likeness (QED) is 0.867. The minimum atomic E-state index is -0.367. The number of nitrogens with zero attached hydrogens (tertiary/aromatic N) is 1. The second kappa shape index (κ2) is 6.64. The van der Waals surface area contributed by atoms with Crippen molar-refractivity contribution < 1.29 is 13.9 Å². The maximum absolute atomic E-state index is 11.9. The topological polar surface area (TPSA) is 54.7 Å². The highest BCUT2D eigenvalue weighted by atomic mass is 35.5. The molecule has 6 heteroatoms. The molecule has 0 aliphatic carbocycles. The third kappa shape index (κ3) is 3.73. The van der Waals surface area contributed by atoms with Gasteiger partial charge >= 0.3 is 0 Å². The van der Waals surface area contributed by atoms with E-state index in [-0.39, 0.29) is 24.4 Å². The first-order valence-corrected chi connectivity index (χ1v) is 5.37. The summed E-state index contributed by atoms with van der Waals surface area (Å²) in [5.74, 6) is 0.767. The zero-order valence-electron chi connectivity index (χ0n) is 9.72. The van der Waals surface area contributed by atoms with Crippen LogP contribution in [0.3, 0.4) is 0 Å². The fraction of sp³-hybridized carbons (Fsp3) is 0.545. The summed E-state index contributed by atoms with van der Waals surface area (Å²) in [5.41, 5.74) is 0. The molecule has 1 aliphatic heterocycles. The van der Waals surface area contributed by atoms with Crippen LogP contribution in [0.15, 0.2) is 22.8 Å². The lowest BCUT2D eigenvalue weighted by atomic mass is 10.2. The van der Waals surface area contributed by atoms with Gasteiger partial charge < -0.3 is 19.4 Å². The average Bonchev–Trinajstić information content (AvgIpc) is 2.82. The number of nitrogens with one attached hydrogen (secondary N) is 1. The van der Waals surface area contributed by atoms with Crippen molar-refractivity contribution in [2.45, 2.75) is 12.6 Å². The molecule has 0 bridgehead atoms. The number of furan rings is 1. The highest BCUT2D eigenvalue weighted by Gasteiger charge is 2.25. The summed E-state index contributed by atoms with van der Waals surface area (Å²) in [5, 5.41) is 3.13. The molecule has 0 radical (unpaired) electrons. The molecular formula is C11H17ClN2O3. The number of hydrogen-bond donors (Lipinski definition) is 1. The van der Waals surface area contributed by atoms with Crippen molar-refractivity contribution >= 4 is 18.3 Å². The third-order valence-corrected chi connectivity index (χ3v) is 2.55. The zero-order valence-corrected chi connectivity index (χ0v) is 10.5. The highest BCUT2D eigenvalue weighted by molar-refractivity contribution is 5.85. The number of amides is 1. The van der Waals surface area contributed by atoms with Crippen molar-refractivity contribution in [2.24, 2.45) is 0 Å². The standard InChI is InChI=1S/C11H16N2O3.ClH/c1-13(8-9-3-2-5-15-9)11(14)10-7-12-4-6-16-10;/h2-3,5,10,12H,4,6-8H2,1H3;1H. The van der Waals surface area contributed by atoms with Crippen molar-refractivity contribution in [3.8, 4) is 0 Å². The first-order chi connectivity index (χ1) is 7.77. The van der Waals surface area contributed by atoms with E-state index in [9.17, 15) is 4.79 Å². The lowest BCUT2D eigenvalue weighted by Crippen LogP contribution is -2.48. The summed E-state index contributed by atoms with van der Waals surface area (Å²) < 4.78 is 10.6. The van der Waals surface area contributed by atoms with E-state index in [1.165, 1.54) is 0 Å². The van der Waals surface area contributed by atoms with Gasteiger partial charge in [0.1, 0.15) is 11.9 Å². The fourth-order valence-electron chi connectivity index (χ4n) is 1.68. The zero-order chi connectivity index (χ0) is 11.4. The SMILES string of the molecule is CN(Cc1ccco1)C(=O)C1CNCCO1.Cl. The van der Waals surface area contributed by atoms with Gasteiger partial charge in [0.15, 0.2) is 0 Å². The van der Waals surface area contributed by atoms with Crippen LogP contribution in [0.5, 0.6) is 0 Å². The molecule has 0 saturated carbocycles. The predicted molar refractivity (Wildman–Crippen MR) is 65.0 cm³/mol. The monoisotopic (exact) mass is 260 g/mol. The first kappa shape index (κ1) is 14.0. The van der Waals surface area contributed by atoms with E-state index in [4.69, 9.17) is 9.15 Å². The summed E-state index contributed by atoms with van der Waals surface area (Å²) in [7, 11) is 1.75. The second-order valence-electron chi connectivity index (χ2n) is 3.84. The number of carbonyl (C=O) groups is 1. The maximum atomic E-state index is 11.9. The van der Waals surface area contributed by atoms with Crippen molar-refractivity contribution in [1.29, 1.82) is 0 Å². The Morgan fingerprint density at radius 2 is 2.47 bits per heavy atom. The van der Waals surface area contributed by atoms with Gasteiger partial charge in [-0.15, -0.1) is 12.4 Å². The number of ether oxygens (including phenoxy) is 1. The van der Waals surface area contributed by atoms with Crippen LogP contribution in [0.4, 0.5) is 0 Å². The van der Waals surface area contributed by atoms with Crippen molar-refractivity contribution in [3.05, 3.63) is 24.2 Å². The summed E-state index contributed by atoms with van der Waals surface area (Å²) in [6.07, 6.45) is 1.24. The summed E-state index contributed by atoms with van der Waals surface area (Å²) in [6.45, 7) is 2.46. The summed E-state index contributed by atoms with van der Waals surface area (Å²) >= 11 is 0. The van der Waals surface area contributed by atoms with Gasteiger partial charge in [0.25, 0.3) is 5.91 Å². The minimum Gasteiger partial charge on any atom is -0.467 e. The van der Waals surface area contributed by atoms with Gasteiger partial charge in [-0.2, -0.15) is 0 Å². The molecule has 1 fully saturated rings. The average molecular weight is 261 g/mol. The molecule has 2 rings (SSSR count). The highest BCUT2D eigenvalue weighted by Crippen LogP contribution is 2.07. The fourth-order valence-corrected chi connectivity index (χ4v) is 1.68. The lowest BCUT2D eigenvalue weighted by molar-refractivity contribution is -0.144. The molecule has 1 aliphatic rings. The summed E-state index contributed by atoms with van der Waals surface area (Å²) in [4.78, 5) is 13.6. The molecule has 1 N–H and O–H groups in total. The van der Waals surface area contributed by atoms with Crippen LogP contribution in [0.2, 0.25) is 0 Å². The Balaban J connectivity index is 0.00000144. The largest absolute Gasteiger partial charge is 0.467 e. The van der Waals surface area contributed by atoms with Gasteiger partial charge in [-0.3, -0.25) is 4.79 Å². The van der Waals surface area contributed by atoms with Gasteiger partial charge in [0.2, 0.25) is 0 Å². The lowest BCUT2D eigenvalue weighted by Gasteiger charge is -2.26. The Bertz CT molecular complexity index is 336. The smallest absolute Gasteiger partial charge is 0.253 e. The molecule has 5 nitrogen and oxygen atoms in total. The van der Waals surface area contributed by atoms with E-state index in [2.05, 4.69) is 5.32 Å². The number of likely N-dealkylation sites (N-methyl/N-ethyl adjacent to an activating group) is 1. The minimum absolute atomic E-state index is 0. The van der Waals surface area contributed by atoms with Crippen molar-refractivity contribution in [2.75, 3.05) is 26.7 Å². The molecule has 2 heterocycles. The molecular weight excluding hydrogens is 244 g/mol. The van der Waals surface area contributed by atoms with Gasteiger partial charge in [-0.25, -0.2) is 0 Å². The second-order valence-corrected chi connectivity index (χ2v) is 3.84. The number of hydrogen-bond acceptors (Lipinski definition) is 4. The molecule has 0 aromatic carbocycles. The van der Waals surface area contributed by atoms with Crippen LogP contribution >= 0.6 is 12.4 Å². The molecule has 17 heavy (non-hydrogen) atoms. The Hall–Kier alpha value is -1.04. The van der Waals surface area contributed by atoms with Gasteiger partial charge in [-0.1, -0.05) is 0 Å². The molecule has 0 spiro atoms. The number of rotatable bonds is 3. The van der Waals surface area contributed by atoms with E-state index in [1.54, 1.807) is 18.2 Å².